The highest BCUT2D eigenvalue weighted by atomic mass is 79.9. The van der Waals surface area contributed by atoms with Crippen LogP contribution in [0.3, 0.4) is 0 Å². The maximum Gasteiger partial charge on any atom is 0.125 e. The zero-order chi connectivity index (χ0) is 13.8. The predicted molar refractivity (Wildman–Crippen MR) is 82.5 cm³/mol. The van der Waals surface area contributed by atoms with Gasteiger partial charge in [-0.2, -0.15) is 0 Å². The van der Waals surface area contributed by atoms with Gasteiger partial charge in [0.05, 0.1) is 6.04 Å². The number of halogens is 1. The molecule has 0 fully saturated rings. The number of rotatable bonds is 5. The lowest BCUT2D eigenvalue weighted by molar-refractivity contribution is 0.425. The van der Waals surface area contributed by atoms with E-state index >= 15 is 0 Å². The Morgan fingerprint density at radius 1 is 1.21 bits per heavy atom. The molecule has 1 aromatic carbocycles. The van der Waals surface area contributed by atoms with Crippen LogP contribution in [-0.2, 0) is 6.42 Å². The minimum Gasteiger partial charge on any atom is -0.464 e. The summed E-state index contributed by atoms with van der Waals surface area (Å²) >= 11 is 3.60. The summed E-state index contributed by atoms with van der Waals surface area (Å²) in [6.07, 6.45) is 0.927. The monoisotopic (exact) mass is 321 g/mol. The molecule has 1 atom stereocenters. The van der Waals surface area contributed by atoms with Crippen LogP contribution in [0.4, 0.5) is 0 Å². The van der Waals surface area contributed by atoms with E-state index in [1.807, 2.05) is 0 Å². The average Bonchev–Trinajstić information content (AvgIpc) is 2.88. The van der Waals surface area contributed by atoms with Crippen molar-refractivity contribution < 1.29 is 4.42 Å². The van der Waals surface area contributed by atoms with Crippen LogP contribution in [0.25, 0.3) is 0 Å². The fourth-order valence-electron chi connectivity index (χ4n) is 2.24. The lowest BCUT2D eigenvalue weighted by Crippen LogP contribution is -2.22. The number of furan rings is 1. The maximum atomic E-state index is 5.92. The van der Waals surface area contributed by atoms with Crippen molar-refractivity contribution in [3.8, 4) is 0 Å². The van der Waals surface area contributed by atoms with Crippen LogP contribution in [-0.4, -0.2) is 6.54 Å². The number of benzene rings is 1. The number of hydrogen-bond donors (Lipinski definition) is 1. The highest BCUT2D eigenvalue weighted by Gasteiger charge is 2.19. The average molecular weight is 322 g/mol. The second-order valence-corrected chi connectivity index (χ2v) is 5.46. The Hall–Kier alpha value is -1.06. The summed E-state index contributed by atoms with van der Waals surface area (Å²) in [5, 5.41) is 3.51. The van der Waals surface area contributed by atoms with E-state index in [2.05, 4.69) is 72.3 Å². The third kappa shape index (κ3) is 3.10. The summed E-state index contributed by atoms with van der Waals surface area (Å²) in [4.78, 5) is 0. The standard InChI is InChI=1S/C16H20BrNO/c1-4-12-9-10-15(19-12)16(18-5-2)13-7-6-8-14(17)11(13)3/h6-10,16,18H,4-5H2,1-3H3. The molecule has 102 valence electrons. The van der Waals surface area contributed by atoms with Gasteiger partial charge in [-0.1, -0.05) is 41.9 Å². The highest BCUT2D eigenvalue weighted by molar-refractivity contribution is 9.10. The van der Waals surface area contributed by atoms with Gasteiger partial charge in [-0.05, 0) is 42.8 Å². The van der Waals surface area contributed by atoms with E-state index in [1.54, 1.807) is 0 Å². The molecule has 19 heavy (non-hydrogen) atoms. The third-order valence-electron chi connectivity index (χ3n) is 3.34. The van der Waals surface area contributed by atoms with Gasteiger partial charge in [0.1, 0.15) is 11.5 Å². The minimum absolute atomic E-state index is 0.114. The molecule has 0 aliphatic carbocycles. The van der Waals surface area contributed by atoms with E-state index in [0.29, 0.717) is 0 Å². The summed E-state index contributed by atoms with van der Waals surface area (Å²) in [7, 11) is 0. The van der Waals surface area contributed by atoms with Crippen LogP contribution in [0.5, 0.6) is 0 Å². The fraction of sp³-hybridized carbons (Fsp3) is 0.375. The van der Waals surface area contributed by atoms with Crippen molar-refractivity contribution in [2.45, 2.75) is 33.2 Å². The zero-order valence-corrected chi connectivity index (χ0v) is 13.3. The number of aryl methyl sites for hydroxylation is 1. The van der Waals surface area contributed by atoms with Crippen LogP contribution < -0.4 is 5.32 Å². The van der Waals surface area contributed by atoms with Gasteiger partial charge >= 0.3 is 0 Å². The van der Waals surface area contributed by atoms with Crippen LogP contribution in [0.1, 0.15) is 42.5 Å². The van der Waals surface area contributed by atoms with Crippen molar-refractivity contribution in [1.82, 2.24) is 5.32 Å². The topological polar surface area (TPSA) is 25.2 Å². The fourth-order valence-corrected chi connectivity index (χ4v) is 2.63. The van der Waals surface area contributed by atoms with Gasteiger partial charge in [0, 0.05) is 10.9 Å². The van der Waals surface area contributed by atoms with Gasteiger partial charge in [0.2, 0.25) is 0 Å². The number of nitrogens with one attached hydrogen (secondary N) is 1. The summed E-state index contributed by atoms with van der Waals surface area (Å²) in [6.45, 7) is 7.26. The first-order valence-corrected chi connectivity index (χ1v) is 7.53. The summed E-state index contributed by atoms with van der Waals surface area (Å²) in [5.41, 5.74) is 2.51. The maximum absolute atomic E-state index is 5.92. The Bertz CT molecular complexity index is 547. The molecule has 1 N–H and O–H groups in total. The second kappa shape index (κ2) is 6.40. The lowest BCUT2D eigenvalue weighted by Gasteiger charge is -2.19. The molecule has 0 spiro atoms. The number of hydrogen-bond acceptors (Lipinski definition) is 2. The van der Waals surface area contributed by atoms with Crippen molar-refractivity contribution in [2.75, 3.05) is 6.54 Å². The smallest absolute Gasteiger partial charge is 0.125 e. The molecule has 0 radical (unpaired) electrons. The van der Waals surface area contributed by atoms with Crippen molar-refractivity contribution in [3.05, 3.63) is 57.5 Å². The van der Waals surface area contributed by atoms with E-state index < -0.39 is 0 Å². The summed E-state index contributed by atoms with van der Waals surface area (Å²) in [5.74, 6) is 2.02. The van der Waals surface area contributed by atoms with Crippen LogP contribution in [0, 0.1) is 6.92 Å². The molecule has 1 aromatic heterocycles. The molecule has 2 nitrogen and oxygen atoms in total. The van der Waals surface area contributed by atoms with Gasteiger partial charge < -0.3 is 9.73 Å². The Labute approximate surface area is 123 Å². The SMILES string of the molecule is CCNC(c1ccc(CC)o1)c1cccc(Br)c1C. The van der Waals surface area contributed by atoms with Gasteiger partial charge in [-0.15, -0.1) is 0 Å². The zero-order valence-electron chi connectivity index (χ0n) is 11.7. The van der Waals surface area contributed by atoms with Gasteiger partial charge in [-0.3, -0.25) is 0 Å². The normalized spacial score (nSPS) is 12.6. The Kier molecular flexibility index (Phi) is 4.83. The quantitative estimate of drug-likeness (QED) is 0.869. The molecule has 2 rings (SSSR count). The molecular formula is C16H20BrNO. The molecule has 0 amide bonds. The molecule has 0 saturated carbocycles. The molecule has 0 bridgehead atoms. The van der Waals surface area contributed by atoms with Crippen LogP contribution in [0.15, 0.2) is 39.2 Å². The van der Waals surface area contributed by atoms with E-state index in [4.69, 9.17) is 4.42 Å². The molecule has 1 unspecified atom stereocenters. The van der Waals surface area contributed by atoms with E-state index in [-0.39, 0.29) is 6.04 Å². The van der Waals surface area contributed by atoms with Crippen LogP contribution in [0.2, 0.25) is 0 Å². The van der Waals surface area contributed by atoms with Gasteiger partial charge in [-0.25, -0.2) is 0 Å². The van der Waals surface area contributed by atoms with Crippen molar-refractivity contribution in [1.29, 1.82) is 0 Å². The van der Waals surface area contributed by atoms with Crippen molar-refractivity contribution in [3.63, 3.8) is 0 Å². The van der Waals surface area contributed by atoms with E-state index in [1.165, 1.54) is 11.1 Å². The van der Waals surface area contributed by atoms with E-state index in [0.717, 1.165) is 29.0 Å². The van der Waals surface area contributed by atoms with Crippen molar-refractivity contribution >= 4 is 15.9 Å². The molecular weight excluding hydrogens is 302 g/mol. The molecule has 0 aliphatic rings. The Morgan fingerprint density at radius 3 is 2.63 bits per heavy atom. The largest absolute Gasteiger partial charge is 0.464 e. The first kappa shape index (κ1) is 14.4. The first-order valence-electron chi connectivity index (χ1n) is 6.74. The first-order chi connectivity index (χ1) is 9.17. The molecule has 0 saturated heterocycles. The third-order valence-corrected chi connectivity index (χ3v) is 4.20. The predicted octanol–water partition coefficient (Wildman–Crippen LogP) is 4.61. The second-order valence-electron chi connectivity index (χ2n) is 4.60. The summed E-state index contributed by atoms with van der Waals surface area (Å²) < 4.78 is 7.05. The highest BCUT2D eigenvalue weighted by Crippen LogP contribution is 2.30. The molecule has 1 heterocycles. The van der Waals surface area contributed by atoms with Gasteiger partial charge in [0.25, 0.3) is 0 Å². The van der Waals surface area contributed by atoms with Crippen molar-refractivity contribution in [2.24, 2.45) is 0 Å². The molecule has 2 aromatic rings. The summed E-state index contributed by atoms with van der Waals surface area (Å²) in [6, 6.07) is 10.5. The van der Waals surface area contributed by atoms with Gasteiger partial charge in [0.15, 0.2) is 0 Å². The van der Waals surface area contributed by atoms with Crippen LogP contribution >= 0.6 is 15.9 Å². The minimum atomic E-state index is 0.114. The van der Waals surface area contributed by atoms with E-state index in [9.17, 15) is 0 Å². The lowest BCUT2D eigenvalue weighted by atomic mass is 9.99. The Balaban J connectivity index is 2.42. The Morgan fingerprint density at radius 2 is 2.00 bits per heavy atom. The molecule has 3 heteroatoms. The molecule has 0 aliphatic heterocycles.